The molecule has 1 saturated carbocycles. The van der Waals surface area contributed by atoms with Gasteiger partial charge in [0, 0.05) is 12.0 Å². The lowest BCUT2D eigenvalue weighted by Crippen LogP contribution is -2.37. The highest BCUT2D eigenvalue weighted by Gasteiger charge is 2.32. The van der Waals surface area contributed by atoms with Crippen molar-refractivity contribution in [1.29, 1.82) is 0 Å². The van der Waals surface area contributed by atoms with Crippen LogP contribution in [0.2, 0.25) is 0 Å². The Morgan fingerprint density at radius 2 is 1.88 bits per heavy atom. The molecule has 1 aliphatic carbocycles. The molecule has 0 saturated heterocycles. The van der Waals surface area contributed by atoms with Gasteiger partial charge >= 0.3 is 0 Å². The number of aryl methyl sites for hydroxylation is 1. The molecule has 0 unspecified atom stereocenters. The minimum atomic E-state index is 0.192. The van der Waals surface area contributed by atoms with E-state index in [2.05, 4.69) is 25.1 Å². The van der Waals surface area contributed by atoms with Crippen molar-refractivity contribution in [2.45, 2.75) is 44.4 Å². The Morgan fingerprint density at radius 3 is 2.47 bits per heavy atom. The summed E-state index contributed by atoms with van der Waals surface area (Å²) in [6.45, 7) is 2.87. The minimum absolute atomic E-state index is 0.192. The first-order valence-electron chi connectivity index (χ1n) is 6.56. The third kappa shape index (κ3) is 2.47. The van der Waals surface area contributed by atoms with E-state index in [0.29, 0.717) is 0 Å². The Kier molecular flexibility index (Phi) is 3.72. The average molecular weight is 233 g/mol. The topological polar surface area (TPSA) is 35.2 Å². The van der Waals surface area contributed by atoms with Crippen molar-refractivity contribution >= 4 is 0 Å². The Balaban J connectivity index is 2.38. The van der Waals surface area contributed by atoms with Crippen LogP contribution in [-0.4, -0.2) is 13.7 Å². The van der Waals surface area contributed by atoms with Crippen LogP contribution >= 0.6 is 0 Å². The van der Waals surface area contributed by atoms with Gasteiger partial charge in [0.2, 0.25) is 0 Å². The fourth-order valence-electron chi connectivity index (χ4n) is 3.01. The van der Waals surface area contributed by atoms with E-state index in [9.17, 15) is 0 Å². The molecule has 2 nitrogen and oxygen atoms in total. The quantitative estimate of drug-likeness (QED) is 0.870. The SMILES string of the molecule is COc1cc(C)cc(C2(CN)CCCCC2)c1. The summed E-state index contributed by atoms with van der Waals surface area (Å²) in [5.74, 6) is 0.957. The molecule has 1 fully saturated rings. The molecule has 0 atom stereocenters. The molecule has 0 bridgehead atoms. The van der Waals surface area contributed by atoms with E-state index in [1.807, 2.05) is 0 Å². The van der Waals surface area contributed by atoms with Crippen LogP contribution in [0.1, 0.15) is 43.2 Å². The summed E-state index contributed by atoms with van der Waals surface area (Å²) in [4.78, 5) is 0. The summed E-state index contributed by atoms with van der Waals surface area (Å²) in [7, 11) is 1.73. The first-order chi connectivity index (χ1) is 8.20. The van der Waals surface area contributed by atoms with Crippen LogP contribution in [0.15, 0.2) is 18.2 Å². The maximum Gasteiger partial charge on any atom is 0.119 e. The normalized spacial score (nSPS) is 19.0. The molecule has 0 amide bonds. The van der Waals surface area contributed by atoms with Crippen LogP contribution in [0.25, 0.3) is 0 Å². The second kappa shape index (κ2) is 5.09. The molecule has 0 spiro atoms. The van der Waals surface area contributed by atoms with Gasteiger partial charge in [-0.2, -0.15) is 0 Å². The second-order valence-corrected chi connectivity index (χ2v) is 5.28. The summed E-state index contributed by atoms with van der Waals surface area (Å²) in [6.07, 6.45) is 6.39. The highest BCUT2D eigenvalue weighted by Crippen LogP contribution is 2.40. The van der Waals surface area contributed by atoms with Crippen molar-refractivity contribution < 1.29 is 4.74 Å². The maximum atomic E-state index is 6.07. The zero-order chi connectivity index (χ0) is 12.3. The third-order valence-electron chi connectivity index (χ3n) is 4.10. The molecule has 0 radical (unpaired) electrons. The zero-order valence-corrected chi connectivity index (χ0v) is 11.0. The van der Waals surface area contributed by atoms with Crippen LogP contribution in [0.4, 0.5) is 0 Å². The number of hydrogen-bond acceptors (Lipinski definition) is 2. The van der Waals surface area contributed by atoms with Gasteiger partial charge in [0.25, 0.3) is 0 Å². The summed E-state index contributed by atoms with van der Waals surface area (Å²) in [6, 6.07) is 6.53. The van der Waals surface area contributed by atoms with Gasteiger partial charge in [0.15, 0.2) is 0 Å². The van der Waals surface area contributed by atoms with Crippen LogP contribution in [0.3, 0.4) is 0 Å². The van der Waals surface area contributed by atoms with Gasteiger partial charge in [-0.05, 0) is 43.0 Å². The highest BCUT2D eigenvalue weighted by atomic mass is 16.5. The summed E-state index contributed by atoms with van der Waals surface area (Å²) in [5, 5.41) is 0. The van der Waals surface area contributed by atoms with Gasteiger partial charge in [-0.25, -0.2) is 0 Å². The molecule has 0 aliphatic heterocycles. The van der Waals surface area contributed by atoms with Crippen molar-refractivity contribution in [3.63, 3.8) is 0 Å². The average Bonchev–Trinajstić information content (AvgIpc) is 2.38. The van der Waals surface area contributed by atoms with E-state index < -0.39 is 0 Å². The fraction of sp³-hybridized carbons (Fsp3) is 0.600. The fourth-order valence-corrected chi connectivity index (χ4v) is 3.01. The van der Waals surface area contributed by atoms with E-state index in [4.69, 9.17) is 10.5 Å². The maximum absolute atomic E-state index is 6.07. The largest absolute Gasteiger partial charge is 0.497 e. The lowest BCUT2D eigenvalue weighted by molar-refractivity contribution is 0.299. The molecule has 1 aromatic carbocycles. The minimum Gasteiger partial charge on any atom is -0.497 e. The van der Waals surface area contributed by atoms with Crippen molar-refractivity contribution in [3.8, 4) is 5.75 Å². The summed E-state index contributed by atoms with van der Waals surface area (Å²) in [5.41, 5.74) is 8.90. The standard InChI is InChI=1S/C15H23NO/c1-12-8-13(10-14(9-12)17-2)15(11-16)6-4-3-5-7-15/h8-10H,3-7,11,16H2,1-2H3. The van der Waals surface area contributed by atoms with Crippen LogP contribution in [0.5, 0.6) is 5.75 Å². The molecule has 94 valence electrons. The highest BCUT2D eigenvalue weighted by molar-refractivity contribution is 5.38. The lowest BCUT2D eigenvalue weighted by atomic mass is 9.69. The predicted octanol–water partition coefficient (Wildman–Crippen LogP) is 3.16. The molecule has 0 heterocycles. The van der Waals surface area contributed by atoms with Crippen molar-refractivity contribution in [2.75, 3.05) is 13.7 Å². The van der Waals surface area contributed by atoms with Crippen LogP contribution < -0.4 is 10.5 Å². The number of methoxy groups -OCH3 is 1. The van der Waals surface area contributed by atoms with Gasteiger partial charge in [0.1, 0.15) is 5.75 Å². The van der Waals surface area contributed by atoms with E-state index in [1.165, 1.54) is 43.2 Å². The summed E-state index contributed by atoms with van der Waals surface area (Å²) < 4.78 is 5.38. The first-order valence-corrected chi connectivity index (χ1v) is 6.56. The molecule has 2 heteroatoms. The zero-order valence-electron chi connectivity index (χ0n) is 11.0. The van der Waals surface area contributed by atoms with Gasteiger partial charge in [-0.3, -0.25) is 0 Å². The smallest absolute Gasteiger partial charge is 0.119 e. The van der Waals surface area contributed by atoms with E-state index in [0.717, 1.165) is 12.3 Å². The molecular formula is C15H23NO. The van der Waals surface area contributed by atoms with Crippen molar-refractivity contribution in [3.05, 3.63) is 29.3 Å². The molecule has 2 rings (SSSR count). The molecule has 1 aromatic rings. The number of rotatable bonds is 3. The van der Waals surface area contributed by atoms with Gasteiger partial charge < -0.3 is 10.5 Å². The van der Waals surface area contributed by atoms with Crippen molar-refractivity contribution in [1.82, 2.24) is 0 Å². The lowest BCUT2D eigenvalue weighted by Gasteiger charge is -2.37. The van der Waals surface area contributed by atoms with Gasteiger partial charge in [-0.1, -0.05) is 25.3 Å². The number of benzene rings is 1. The number of nitrogens with two attached hydrogens (primary N) is 1. The van der Waals surface area contributed by atoms with E-state index in [-0.39, 0.29) is 5.41 Å². The van der Waals surface area contributed by atoms with E-state index in [1.54, 1.807) is 7.11 Å². The van der Waals surface area contributed by atoms with E-state index >= 15 is 0 Å². The van der Waals surface area contributed by atoms with Crippen molar-refractivity contribution in [2.24, 2.45) is 5.73 Å². The van der Waals surface area contributed by atoms with Gasteiger partial charge in [-0.15, -0.1) is 0 Å². The predicted molar refractivity (Wildman–Crippen MR) is 71.5 cm³/mol. The number of ether oxygens (including phenoxy) is 1. The summed E-state index contributed by atoms with van der Waals surface area (Å²) >= 11 is 0. The van der Waals surface area contributed by atoms with Gasteiger partial charge in [0.05, 0.1) is 7.11 Å². The first kappa shape index (κ1) is 12.4. The Labute approximate surface area is 104 Å². The molecule has 0 aromatic heterocycles. The monoisotopic (exact) mass is 233 g/mol. The molecule has 1 aliphatic rings. The molecule has 2 N–H and O–H groups in total. The van der Waals surface area contributed by atoms with Crippen LogP contribution in [0, 0.1) is 6.92 Å². The Hall–Kier alpha value is -1.02. The molecule has 17 heavy (non-hydrogen) atoms. The molecular weight excluding hydrogens is 210 g/mol. The number of hydrogen-bond donors (Lipinski definition) is 1. The Morgan fingerprint density at radius 1 is 1.18 bits per heavy atom. The Bertz CT molecular complexity index is 381. The third-order valence-corrected chi connectivity index (χ3v) is 4.10. The van der Waals surface area contributed by atoms with Crippen LogP contribution in [-0.2, 0) is 5.41 Å². The second-order valence-electron chi connectivity index (χ2n) is 5.28.